The fourth-order valence-corrected chi connectivity index (χ4v) is 3.24. The first kappa shape index (κ1) is 14.7. The summed E-state index contributed by atoms with van der Waals surface area (Å²) in [6, 6.07) is 11.7. The van der Waals surface area contributed by atoms with Crippen LogP contribution in [0.15, 0.2) is 36.4 Å². The molecule has 0 saturated carbocycles. The largest absolute Gasteiger partial charge is 0.489 e. The Bertz CT molecular complexity index is 637. The van der Waals surface area contributed by atoms with Crippen LogP contribution in [-0.2, 0) is 13.0 Å². The third-order valence-corrected chi connectivity index (χ3v) is 4.63. The second-order valence-corrected chi connectivity index (χ2v) is 6.16. The summed E-state index contributed by atoms with van der Waals surface area (Å²) >= 11 is 12.3. The second kappa shape index (κ2) is 6.27. The van der Waals surface area contributed by atoms with Crippen LogP contribution in [0.5, 0.6) is 5.75 Å². The number of nitrogens with two attached hydrogens (primary N) is 1. The predicted molar refractivity (Wildman–Crippen MR) is 87.1 cm³/mol. The van der Waals surface area contributed by atoms with Gasteiger partial charge in [-0.15, -0.1) is 0 Å². The minimum absolute atomic E-state index is 0.112. The van der Waals surface area contributed by atoms with Crippen molar-refractivity contribution in [3.05, 3.63) is 63.1 Å². The Morgan fingerprint density at radius 1 is 1.14 bits per heavy atom. The van der Waals surface area contributed by atoms with Gasteiger partial charge in [0, 0.05) is 21.7 Å². The number of rotatable bonds is 3. The first-order chi connectivity index (χ1) is 10.1. The van der Waals surface area contributed by atoms with Gasteiger partial charge in [-0.05, 0) is 54.7 Å². The summed E-state index contributed by atoms with van der Waals surface area (Å²) in [6.45, 7) is 0.354. The first-order valence-corrected chi connectivity index (χ1v) is 7.85. The molecule has 0 bridgehead atoms. The molecule has 1 unspecified atom stereocenters. The van der Waals surface area contributed by atoms with Gasteiger partial charge in [-0.3, -0.25) is 0 Å². The van der Waals surface area contributed by atoms with E-state index < -0.39 is 0 Å². The molecule has 4 heteroatoms. The lowest BCUT2D eigenvalue weighted by Gasteiger charge is -2.23. The summed E-state index contributed by atoms with van der Waals surface area (Å²) < 4.78 is 5.84. The lowest BCUT2D eigenvalue weighted by atomic mass is 9.88. The van der Waals surface area contributed by atoms with Crippen LogP contribution in [0.25, 0.3) is 0 Å². The molecule has 1 aliphatic rings. The molecule has 1 aliphatic carbocycles. The predicted octanol–water partition coefficient (Wildman–Crippen LogP) is 4.91. The molecule has 1 atom stereocenters. The molecule has 0 fully saturated rings. The molecule has 0 amide bonds. The number of aryl methyl sites for hydroxylation is 1. The fourth-order valence-electron chi connectivity index (χ4n) is 2.73. The molecule has 2 N–H and O–H groups in total. The quantitative estimate of drug-likeness (QED) is 0.871. The third kappa shape index (κ3) is 3.18. The number of halogens is 2. The Hall–Kier alpha value is -1.22. The average Bonchev–Trinajstić information content (AvgIpc) is 2.47. The van der Waals surface area contributed by atoms with Crippen LogP contribution in [0.1, 0.15) is 35.6 Å². The van der Waals surface area contributed by atoms with Crippen molar-refractivity contribution in [1.29, 1.82) is 0 Å². The van der Waals surface area contributed by atoms with Crippen molar-refractivity contribution in [3.8, 4) is 5.75 Å². The van der Waals surface area contributed by atoms with E-state index in [-0.39, 0.29) is 6.04 Å². The van der Waals surface area contributed by atoms with Crippen molar-refractivity contribution < 1.29 is 4.74 Å². The topological polar surface area (TPSA) is 35.2 Å². The van der Waals surface area contributed by atoms with Crippen LogP contribution in [0, 0.1) is 0 Å². The maximum atomic E-state index is 6.17. The van der Waals surface area contributed by atoms with Gasteiger partial charge in [0.2, 0.25) is 0 Å². The maximum Gasteiger partial charge on any atom is 0.120 e. The molecule has 0 saturated heterocycles. The number of fused-ring (bicyclic) bond motifs is 1. The van der Waals surface area contributed by atoms with Crippen LogP contribution in [-0.4, -0.2) is 0 Å². The SMILES string of the molecule is NC1CCCc2ccc(OCc3c(Cl)cccc3Cl)cc21. The highest BCUT2D eigenvalue weighted by Gasteiger charge is 2.17. The van der Waals surface area contributed by atoms with Crippen LogP contribution >= 0.6 is 23.2 Å². The van der Waals surface area contributed by atoms with E-state index >= 15 is 0 Å². The Kier molecular flexibility index (Phi) is 4.39. The van der Waals surface area contributed by atoms with Crippen molar-refractivity contribution >= 4 is 23.2 Å². The van der Waals surface area contributed by atoms with E-state index in [1.807, 2.05) is 30.3 Å². The van der Waals surface area contributed by atoms with Crippen LogP contribution in [0.3, 0.4) is 0 Å². The monoisotopic (exact) mass is 321 g/mol. The molecule has 2 aromatic carbocycles. The molecule has 0 aliphatic heterocycles. The summed E-state index contributed by atoms with van der Waals surface area (Å²) in [5.74, 6) is 0.807. The van der Waals surface area contributed by atoms with Crippen LogP contribution in [0.4, 0.5) is 0 Å². The summed E-state index contributed by atoms with van der Waals surface area (Å²) in [6.07, 6.45) is 3.29. The lowest BCUT2D eigenvalue weighted by Crippen LogP contribution is -2.17. The molecule has 110 valence electrons. The van der Waals surface area contributed by atoms with Gasteiger partial charge in [0.05, 0.1) is 0 Å². The van der Waals surface area contributed by atoms with Crippen molar-refractivity contribution in [2.24, 2.45) is 5.73 Å². The van der Waals surface area contributed by atoms with Gasteiger partial charge < -0.3 is 10.5 Å². The number of benzene rings is 2. The van der Waals surface area contributed by atoms with Crippen molar-refractivity contribution in [2.75, 3.05) is 0 Å². The smallest absolute Gasteiger partial charge is 0.120 e. The van der Waals surface area contributed by atoms with Gasteiger partial charge in [-0.25, -0.2) is 0 Å². The Morgan fingerprint density at radius 3 is 2.67 bits per heavy atom. The van der Waals surface area contributed by atoms with E-state index in [1.54, 1.807) is 0 Å². The standard InChI is InChI=1S/C17H17Cl2NO/c18-15-4-2-5-16(19)14(15)10-21-12-8-7-11-3-1-6-17(20)13(11)9-12/h2,4-5,7-9,17H,1,3,6,10,20H2. The maximum absolute atomic E-state index is 6.17. The molecule has 2 nitrogen and oxygen atoms in total. The first-order valence-electron chi connectivity index (χ1n) is 7.09. The third-order valence-electron chi connectivity index (χ3n) is 3.92. The molecule has 0 radical (unpaired) electrons. The molecular formula is C17H17Cl2NO. The minimum Gasteiger partial charge on any atom is -0.489 e. The highest BCUT2D eigenvalue weighted by atomic mass is 35.5. The van der Waals surface area contributed by atoms with Gasteiger partial charge in [0.1, 0.15) is 12.4 Å². The lowest BCUT2D eigenvalue weighted by molar-refractivity contribution is 0.305. The number of hydrogen-bond acceptors (Lipinski definition) is 2. The molecule has 0 spiro atoms. The van der Waals surface area contributed by atoms with Crippen molar-refractivity contribution in [2.45, 2.75) is 31.9 Å². The number of ether oxygens (including phenoxy) is 1. The molecular weight excluding hydrogens is 305 g/mol. The van der Waals surface area contributed by atoms with E-state index in [1.165, 1.54) is 11.1 Å². The van der Waals surface area contributed by atoms with E-state index in [4.69, 9.17) is 33.7 Å². The van der Waals surface area contributed by atoms with Crippen LogP contribution < -0.4 is 10.5 Å². The van der Waals surface area contributed by atoms with Gasteiger partial charge in [0.25, 0.3) is 0 Å². The molecule has 3 rings (SSSR count). The molecule has 21 heavy (non-hydrogen) atoms. The zero-order valence-corrected chi connectivity index (χ0v) is 13.1. The molecule has 0 aromatic heterocycles. The number of hydrogen-bond donors (Lipinski definition) is 1. The van der Waals surface area contributed by atoms with Gasteiger partial charge in [-0.1, -0.05) is 35.3 Å². The fraction of sp³-hybridized carbons (Fsp3) is 0.294. The molecule has 0 heterocycles. The van der Waals surface area contributed by atoms with E-state index in [0.717, 1.165) is 30.6 Å². The van der Waals surface area contributed by atoms with Gasteiger partial charge >= 0.3 is 0 Å². The van der Waals surface area contributed by atoms with E-state index in [0.29, 0.717) is 16.7 Å². The summed E-state index contributed by atoms with van der Waals surface area (Å²) in [7, 11) is 0. The highest BCUT2D eigenvalue weighted by molar-refractivity contribution is 6.35. The highest BCUT2D eigenvalue weighted by Crippen LogP contribution is 2.32. The Labute approximate surface area is 134 Å². The minimum atomic E-state index is 0.112. The summed E-state index contributed by atoms with van der Waals surface area (Å²) in [5, 5.41) is 1.24. The zero-order valence-electron chi connectivity index (χ0n) is 11.6. The van der Waals surface area contributed by atoms with Crippen LogP contribution in [0.2, 0.25) is 10.0 Å². The van der Waals surface area contributed by atoms with E-state index in [9.17, 15) is 0 Å². The van der Waals surface area contributed by atoms with Gasteiger partial charge in [-0.2, -0.15) is 0 Å². The molecule has 2 aromatic rings. The summed E-state index contributed by atoms with van der Waals surface area (Å²) in [5.41, 5.74) is 9.51. The van der Waals surface area contributed by atoms with Crippen molar-refractivity contribution in [1.82, 2.24) is 0 Å². The zero-order chi connectivity index (χ0) is 14.8. The second-order valence-electron chi connectivity index (χ2n) is 5.35. The average molecular weight is 322 g/mol. The van der Waals surface area contributed by atoms with E-state index in [2.05, 4.69) is 6.07 Å². The Morgan fingerprint density at radius 2 is 1.90 bits per heavy atom. The normalized spacial score (nSPS) is 17.4. The Balaban J connectivity index is 1.78. The van der Waals surface area contributed by atoms with Crippen molar-refractivity contribution in [3.63, 3.8) is 0 Å². The summed E-state index contributed by atoms with van der Waals surface area (Å²) in [4.78, 5) is 0. The van der Waals surface area contributed by atoms with Gasteiger partial charge in [0.15, 0.2) is 0 Å².